The molecule has 6 nitrogen and oxygen atoms in total. The molecule has 2 N–H and O–H groups in total. The molecule has 32 heavy (non-hydrogen) atoms. The average Bonchev–Trinajstić information content (AvgIpc) is 2.76. The number of esters is 1. The van der Waals surface area contributed by atoms with E-state index >= 15 is 0 Å². The first-order valence-electron chi connectivity index (χ1n) is 12.7. The molecule has 0 unspecified atom stereocenters. The van der Waals surface area contributed by atoms with Crippen molar-refractivity contribution < 1.29 is 29.3 Å². The van der Waals surface area contributed by atoms with E-state index in [1.54, 1.807) is 0 Å². The van der Waals surface area contributed by atoms with Crippen molar-refractivity contribution in [2.24, 2.45) is 0 Å². The number of carboxylic acid groups (broad SMARTS) is 2. The van der Waals surface area contributed by atoms with E-state index in [2.05, 4.69) is 18.2 Å². The fraction of sp³-hybridized carbons (Fsp3) is 0.808. The lowest BCUT2D eigenvalue weighted by atomic mass is 9.95. The van der Waals surface area contributed by atoms with Gasteiger partial charge in [0.15, 0.2) is 0 Å². The maximum absolute atomic E-state index is 11.4. The number of unbranched alkanes of at least 4 members (excludes halogenated alkanes) is 17. The second-order valence-electron chi connectivity index (χ2n) is 8.82. The molecular weight excluding hydrogens is 408 g/mol. The smallest absolute Gasteiger partial charge is 0.360 e. The summed E-state index contributed by atoms with van der Waals surface area (Å²) >= 11 is 0. The summed E-state index contributed by atoms with van der Waals surface area (Å²) in [5, 5.41) is 18.6. The summed E-state index contributed by atoms with van der Waals surface area (Å²) in [5.74, 6) is -4.36. The topological polar surface area (TPSA) is 101 Å². The fourth-order valence-electron chi connectivity index (χ4n) is 3.93. The first-order valence-corrected chi connectivity index (χ1v) is 12.7. The minimum atomic E-state index is -2.53. The van der Waals surface area contributed by atoms with Gasteiger partial charge in [-0.15, -0.1) is 0 Å². The largest absolute Gasteiger partial charge is 0.478 e. The van der Waals surface area contributed by atoms with Gasteiger partial charge in [0.05, 0.1) is 0 Å². The minimum absolute atomic E-state index is 0.240. The van der Waals surface area contributed by atoms with E-state index in [0.29, 0.717) is 12.8 Å². The normalized spacial score (nSPS) is 11.3. The van der Waals surface area contributed by atoms with Crippen molar-refractivity contribution in [2.75, 3.05) is 0 Å². The molecule has 0 aromatic heterocycles. The highest BCUT2D eigenvalue weighted by Gasteiger charge is 2.50. The molecule has 0 fully saturated rings. The number of rotatable bonds is 23. The van der Waals surface area contributed by atoms with Gasteiger partial charge in [-0.1, -0.05) is 123 Å². The van der Waals surface area contributed by atoms with Crippen molar-refractivity contribution in [1.82, 2.24) is 0 Å². The Labute approximate surface area is 194 Å². The summed E-state index contributed by atoms with van der Waals surface area (Å²) in [7, 11) is 0. The van der Waals surface area contributed by atoms with Crippen LogP contribution in [-0.4, -0.2) is 33.7 Å². The number of hydrogen-bond donors (Lipinski definition) is 2. The van der Waals surface area contributed by atoms with Gasteiger partial charge in [-0.25, -0.2) is 14.4 Å². The molecule has 0 radical (unpaired) electrons. The second-order valence-corrected chi connectivity index (χ2v) is 8.82. The van der Waals surface area contributed by atoms with Crippen molar-refractivity contribution in [3.05, 3.63) is 12.7 Å². The van der Waals surface area contributed by atoms with Crippen molar-refractivity contribution in [3.63, 3.8) is 0 Å². The monoisotopic (exact) mass is 454 g/mol. The number of carbonyl (C=O) groups excluding carboxylic acids is 1. The maximum atomic E-state index is 11.4. The molecule has 0 aliphatic carbocycles. The lowest BCUT2D eigenvalue weighted by molar-refractivity contribution is -0.189. The Bertz CT molecular complexity index is 514. The van der Waals surface area contributed by atoms with Crippen LogP contribution in [0.3, 0.4) is 0 Å². The van der Waals surface area contributed by atoms with Crippen LogP contribution in [0.4, 0.5) is 0 Å². The molecule has 0 heterocycles. The van der Waals surface area contributed by atoms with Crippen molar-refractivity contribution in [1.29, 1.82) is 0 Å². The Morgan fingerprint density at radius 3 is 1.25 bits per heavy atom. The van der Waals surface area contributed by atoms with E-state index in [-0.39, 0.29) is 6.42 Å². The van der Waals surface area contributed by atoms with Gasteiger partial charge in [-0.2, -0.15) is 0 Å². The predicted molar refractivity (Wildman–Crippen MR) is 128 cm³/mol. The molecule has 0 aromatic carbocycles. The van der Waals surface area contributed by atoms with E-state index in [0.717, 1.165) is 25.3 Å². The third-order valence-corrected chi connectivity index (χ3v) is 6.01. The molecular formula is C26H46O6. The van der Waals surface area contributed by atoms with Gasteiger partial charge in [-0.3, -0.25) is 0 Å². The van der Waals surface area contributed by atoms with Crippen LogP contribution in [0, 0.1) is 0 Å². The third kappa shape index (κ3) is 14.3. The quantitative estimate of drug-likeness (QED) is 0.0742. The Balaban J connectivity index is 3.66. The zero-order chi connectivity index (χ0) is 24.1. The van der Waals surface area contributed by atoms with Crippen LogP contribution >= 0.6 is 0 Å². The number of hydrogen-bond acceptors (Lipinski definition) is 4. The van der Waals surface area contributed by atoms with Crippen LogP contribution in [0.15, 0.2) is 12.7 Å². The molecule has 0 aromatic rings. The van der Waals surface area contributed by atoms with E-state index in [1.807, 2.05) is 0 Å². The summed E-state index contributed by atoms with van der Waals surface area (Å²) in [6.45, 7) is 5.44. The summed E-state index contributed by atoms with van der Waals surface area (Å²) in [4.78, 5) is 34.2. The van der Waals surface area contributed by atoms with E-state index in [9.17, 15) is 24.6 Å². The summed E-state index contributed by atoms with van der Waals surface area (Å²) in [5.41, 5.74) is -2.53. The molecule has 0 atom stereocenters. The van der Waals surface area contributed by atoms with Crippen LogP contribution in [0.25, 0.3) is 0 Å². The first kappa shape index (κ1) is 30.1. The standard InChI is InChI=1S/C26H46O6/c1-3-5-6-7-8-9-10-11-12-13-14-15-16-17-18-19-20-21-22-26(24(28)29,25(30)31)32-23(27)4-2/h4H,2-3,5-22H2,1H3,(H,28,29)(H,30,31). The highest BCUT2D eigenvalue weighted by atomic mass is 16.6. The molecule has 6 heteroatoms. The van der Waals surface area contributed by atoms with Gasteiger partial charge in [0, 0.05) is 12.5 Å². The highest BCUT2D eigenvalue weighted by Crippen LogP contribution is 2.23. The van der Waals surface area contributed by atoms with Crippen LogP contribution in [0.2, 0.25) is 0 Å². The summed E-state index contributed by atoms with van der Waals surface area (Å²) in [6.07, 6.45) is 22.2. The zero-order valence-corrected chi connectivity index (χ0v) is 20.2. The molecule has 0 aliphatic heterocycles. The Kier molecular flexibility index (Phi) is 18.7. The molecule has 0 bridgehead atoms. The molecule has 0 rings (SSSR count). The molecule has 0 saturated heterocycles. The first-order chi connectivity index (χ1) is 15.4. The Morgan fingerprint density at radius 2 is 0.969 bits per heavy atom. The van der Waals surface area contributed by atoms with Crippen molar-refractivity contribution in [2.45, 2.75) is 135 Å². The average molecular weight is 455 g/mol. The Hall–Kier alpha value is -1.85. The van der Waals surface area contributed by atoms with Crippen molar-refractivity contribution >= 4 is 17.9 Å². The van der Waals surface area contributed by atoms with Crippen LogP contribution in [0.5, 0.6) is 0 Å². The van der Waals surface area contributed by atoms with Gasteiger partial charge >= 0.3 is 23.5 Å². The molecule has 0 aliphatic rings. The SMILES string of the molecule is C=CC(=O)OC(CCCCCCCCCCCCCCCCCCCC)(C(=O)O)C(=O)O. The zero-order valence-electron chi connectivity index (χ0n) is 20.2. The predicted octanol–water partition coefficient (Wildman–Crippen LogP) is 7.06. The molecule has 186 valence electrons. The molecule has 0 amide bonds. The van der Waals surface area contributed by atoms with Crippen molar-refractivity contribution in [3.8, 4) is 0 Å². The highest BCUT2D eigenvalue weighted by molar-refractivity contribution is 6.04. The number of ether oxygens (including phenoxy) is 1. The molecule has 0 saturated carbocycles. The van der Waals surface area contributed by atoms with E-state index < -0.39 is 23.5 Å². The van der Waals surface area contributed by atoms with Crippen LogP contribution in [0.1, 0.15) is 129 Å². The number of aliphatic carboxylic acids is 2. The molecule has 0 spiro atoms. The van der Waals surface area contributed by atoms with Gasteiger partial charge in [-0.05, 0) is 6.42 Å². The summed E-state index contributed by atoms with van der Waals surface area (Å²) in [6, 6.07) is 0. The van der Waals surface area contributed by atoms with E-state index in [1.165, 1.54) is 83.5 Å². The lowest BCUT2D eigenvalue weighted by Crippen LogP contribution is -2.50. The van der Waals surface area contributed by atoms with Gasteiger partial charge in [0.2, 0.25) is 0 Å². The number of carbonyl (C=O) groups is 3. The maximum Gasteiger partial charge on any atom is 0.360 e. The summed E-state index contributed by atoms with van der Waals surface area (Å²) < 4.78 is 4.69. The van der Waals surface area contributed by atoms with Crippen LogP contribution in [-0.2, 0) is 19.1 Å². The lowest BCUT2D eigenvalue weighted by Gasteiger charge is -2.24. The van der Waals surface area contributed by atoms with Gasteiger partial charge < -0.3 is 14.9 Å². The fourth-order valence-corrected chi connectivity index (χ4v) is 3.93. The Morgan fingerprint density at radius 1 is 0.656 bits per heavy atom. The van der Waals surface area contributed by atoms with E-state index in [4.69, 9.17) is 0 Å². The third-order valence-electron chi connectivity index (χ3n) is 6.01. The minimum Gasteiger partial charge on any atom is -0.478 e. The number of carboxylic acids is 2. The van der Waals surface area contributed by atoms with Crippen LogP contribution < -0.4 is 0 Å². The van der Waals surface area contributed by atoms with Gasteiger partial charge in [0.1, 0.15) is 0 Å². The van der Waals surface area contributed by atoms with Gasteiger partial charge in [0.25, 0.3) is 0 Å². The second kappa shape index (κ2) is 19.8.